The van der Waals surface area contributed by atoms with Crippen LogP contribution in [-0.2, 0) is 7.05 Å². The van der Waals surface area contributed by atoms with Crippen LogP contribution >= 0.6 is 11.9 Å². The lowest BCUT2D eigenvalue weighted by Gasteiger charge is -2.24. The van der Waals surface area contributed by atoms with Crippen LogP contribution in [0.4, 0.5) is 8.78 Å². The smallest absolute Gasteiger partial charge is 0.277 e. The Morgan fingerprint density at radius 3 is 2.76 bits per heavy atom. The number of halogens is 2. The van der Waals surface area contributed by atoms with E-state index in [0.717, 1.165) is 6.54 Å². The van der Waals surface area contributed by atoms with E-state index in [1.54, 1.807) is 11.9 Å². The summed E-state index contributed by atoms with van der Waals surface area (Å²) in [5.41, 5.74) is 7.87. The van der Waals surface area contributed by atoms with E-state index in [1.807, 2.05) is 7.05 Å². The third-order valence-corrected chi connectivity index (χ3v) is 4.72. The highest BCUT2D eigenvalue weighted by Gasteiger charge is 2.18. The molecule has 0 aliphatic carbocycles. The van der Waals surface area contributed by atoms with Crippen molar-refractivity contribution in [3.05, 3.63) is 29.2 Å². The second-order valence-corrected chi connectivity index (χ2v) is 6.21. The molecule has 4 nitrogen and oxygen atoms in total. The molecule has 0 saturated carbocycles. The largest absolute Gasteiger partial charge is 0.397 e. The molecule has 1 aliphatic heterocycles. The van der Waals surface area contributed by atoms with Crippen molar-refractivity contribution in [1.82, 2.24) is 8.87 Å². The van der Waals surface area contributed by atoms with Gasteiger partial charge in [-0.15, -0.1) is 0 Å². The number of alkyl halides is 2. The third kappa shape index (κ3) is 3.85. The molecule has 2 heterocycles. The molecule has 7 heteroatoms. The van der Waals surface area contributed by atoms with E-state index in [-0.39, 0.29) is 0 Å². The van der Waals surface area contributed by atoms with E-state index in [9.17, 15) is 8.78 Å². The summed E-state index contributed by atoms with van der Waals surface area (Å²) in [7, 11) is 2.03. The lowest BCUT2D eigenvalue weighted by molar-refractivity contribution is 0.188. The Labute approximate surface area is 127 Å². The molecule has 0 fully saturated rings. The second-order valence-electron chi connectivity index (χ2n) is 5.07. The first-order valence-corrected chi connectivity index (χ1v) is 7.50. The van der Waals surface area contributed by atoms with E-state index in [2.05, 4.69) is 33.8 Å². The van der Waals surface area contributed by atoms with Gasteiger partial charge in [0.25, 0.3) is 6.43 Å². The van der Waals surface area contributed by atoms with Crippen LogP contribution in [0.15, 0.2) is 27.7 Å². The normalized spacial score (nSPS) is 17.4. The fourth-order valence-electron chi connectivity index (χ4n) is 2.09. The first-order chi connectivity index (χ1) is 9.88. The van der Waals surface area contributed by atoms with Crippen molar-refractivity contribution < 1.29 is 8.78 Å². The maximum Gasteiger partial charge on any atom is 0.277 e. The Kier molecular flexibility index (Phi) is 5.05. The molecule has 0 saturated heterocycles. The van der Waals surface area contributed by atoms with E-state index >= 15 is 0 Å². The standard InChI is InChI=1S/C14H20F2N4S/c1-9-6-13(10(2)19(9)3)21-20-5-4-18-11(8-20)7-12(17)14(15)16/h6-7,14H,4-5,8,17H2,1-3H3/b12-7-. The predicted molar refractivity (Wildman–Crippen MR) is 82.9 cm³/mol. The van der Waals surface area contributed by atoms with Crippen LogP contribution in [0.25, 0.3) is 0 Å². The highest BCUT2D eigenvalue weighted by atomic mass is 32.2. The molecule has 116 valence electrons. The lowest BCUT2D eigenvalue weighted by atomic mass is 10.2. The maximum atomic E-state index is 12.5. The van der Waals surface area contributed by atoms with Crippen molar-refractivity contribution >= 4 is 17.7 Å². The fraction of sp³-hybridized carbons (Fsp3) is 0.500. The Morgan fingerprint density at radius 1 is 1.48 bits per heavy atom. The highest BCUT2D eigenvalue weighted by Crippen LogP contribution is 2.29. The number of hydrogen-bond donors (Lipinski definition) is 1. The topological polar surface area (TPSA) is 46.5 Å². The van der Waals surface area contributed by atoms with Gasteiger partial charge in [-0.2, -0.15) is 0 Å². The zero-order chi connectivity index (χ0) is 15.6. The van der Waals surface area contributed by atoms with Gasteiger partial charge in [-0.05, 0) is 37.9 Å². The molecule has 0 amide bonds. The van der Waals surface area contributed by atoms with Gasteiger partial charge in [0.1, 0.15) is 0 Å². The van der Waals surface area contributed by atoms with Crippen LogP contribution < -0.4 is 5.73 Å². The summed E-state index contributed by atoms with van der Waals surface area (Å²) in [6, 6.07) is 2.13. The molecule has 0 atom stereocenters. The van der Waals surface area contributed by atoms with Crippen LogP contribution in [0.5, 0.6) is 0 Å². The van der Waals surface area contributed by atoms with Crippen molar-refractivity contribution in [2.24, 2.45) is 17.8 Å². The minimum Gasteiger partial charge on any atom is -0.397 e. The van der Waals surface area contributed by atoms with Gasteiger partial charge in [-0.3, -0.25) is 4.99 Å². The molecule has 21 heavy (non-hydrogen) atoms. The predicted octanol–water partition coefficient (Wildman–Crippen LogP) is 2.51. The summed E-state index contributed by atoms with van der Waals surface area (Å²) in [6.45, 7) is 6.05. The lowest BCUT2D eigenvalue weighted by Crippen LogP contribution is -2.31. The average molecular weight is 314 g/mol. The van der Waals surface area contributed by atoms with Gasteiger partial charge in [0, 0.05) is 29.9 Å². The second kappa shape index (κ2) is 6.62. The molecular weight excluding hydrogens is 294 g/mol. The summed E-state index contributed by atoms with van der Waals surface area (Å²) in [5, 5.41) is 0. The minimum atomic E-state index is -2.63. The number of allylic oxidation sites excluding steroid dienone is 1. The summed E-state index contributed by atoms with van der Waals surface area (Å²) in [5.74, 6) is 0. The monoisotopic (exact) mass is 314 g/mol. The van der Waals surface area contributed by atoms with Crippen LogP contribution in [-0.4, -0.2) is 40.6 Å². The summed E-state index contributed by atoms with van der Waals surface area (Å²) < 4.78 is 29.2. The number of nitrogens with two attached hydrogens (primary N) is 1. The van der Waals surface area contributed by atoms with Gasteiger partial charge < -0.3 is 10.3 Å². The van der Waals surface area contributed by atoms with Crippen molar-refractivity contribution in [1.29, 1.82) is 0 Å². The molecule has 1 aromatic heterocycles. The van der Waals surface area contributed by atoms with E-state index in [4.69, 9.17) is 5.73 Å². The Hall–Kier alpha value is -1.34. The van der Waals surface area contributed by atoms with Crippen molar-refractivity contribution in [2.45, 2.75) is 25.2 Å². The fourth-order valence-corrected chi connectivity index (χ4v) is 3.23. The van der Waals surface area contributed by atoms with Crippen LogP contribution in [0.3, 0.4) is 0 Å². The average Bonchev–Trinajstić information content (AvgIpc) is 2.66. The molecule has 1 aliphatic rings. The van der Waals surface area contributed by atoms with Crippen LogP contribution in [0.2, 0.25) is 0 Å². The Morgan fingerprint density at radius 2 is 2.19 bits per heavy atom. The summed E-state index contributed by atoms with van der Waals surface area (Å²) in [6.07, 6.45) is -1.34. The molecule has 0 unspecified atom stereocenters. The molecule has 0 radical (unpaired) electrons. The van der Waals surface area contributed by atoms with Gasteiger partial charge in [-0.25, -0.2) is 13.1 Å². The zero-order valence-corrected chi connectivity index (χ0v) is 13.3. The van der Waals surface area contributed by atoms with Crippen molar-refractivity contribution in [2.75, 3.05) is 19.6 Å². The number of aromatic nitrogens is 1. The van der Waals surface area contributed by atoms with Gasteiger partial charge in [0.2, 0.25) is 0 Å². The van der Waals surface area contributed by atoms with E-state index in [1.165, 1.54) is 22.4 Å². The first kappa shape index (κ1) is 16.0. The summed E-state index contributed by atoms with van der Waals surface area (Å²) >= 11 is 1.64. The highest BCUT2D eigenvalue weighted by molar-refractivity contribution is 7.97. The van der Waals surface area contributed by atoms with Gasteiger partial charge in [-0.1, -0.05) is 0 Å². The molecule has 0 bridgehead atoms. The van der Waals surface area contributed by atoms with Crippen LogP contribution in [0.1, 0.15) is 11.4 Å². The molecule has 0 spiro atoms. The number of aryl methyl sites for hydroxylation is 1. The van der Waals surface area contributed by atoms with Gasteiger partial charge in [0.05, 0.1) is 24.5 Å². The van der Waals surface area contributed by atoms with Crippen molar-refractivity contribution in [3.8, 4) is 0 Å². The summed E-state index contributed by atoms with van der Waals surface area (Å²) in [4.78, 5) is 5.44. The molecule has 2 rings (SSSR count). The van der Waals surface area contributed by atoms with Gasteiger partial charge in [0.15, 0.2) is 0 Å². The molecule has 0 aromatic carbocycles. The number of nitrogens with zero attached hydrogens (tertiary/aromatic N) is 3. The molecule has 2 N–H and O–H groups in total. The zero-order valence-electron chi connectivity index (χ0n) is 12.4. The number of rotatable bonds is 4. The maximum absolute atomic E-state index is 12.5. The van der Waals surface area contributed by atoms with E-state index in [0.29, 0.717) is 18.8 Å². The van der Waals surface area contributed by atoms with Crippen LogP contribution in [0, 0.1) is 13.8 Å². The molecular formula is C14H20F2N4S. The van der Waals surface area contributed by atoms with Crippen molar-refractivity contribution in [3.63, 3.8) is 0 Å². The quantitative estimate of drug-likeness (QED) is 0.869. The van der Waals surface area contributed by atoms with Gasteiger partial charge >= 0.3 is 0 Å². The minimum absolute atomic E-state index is 0.424. The Bertz CT molecular complexity index is 578. The number of hydrogen-bond acceptors (Lipinski definition) is 4. The van der Waals surface area contributed by atoms with E-state index < -0.39 is 12.1 Å². The third-order valence-electron chi connectivity index (χ3n) is 3.54. The first-order valence-electron chi connectivity index (χ1n) is 6.73. The Balaban J connectivity index is 2.05. The molecule has 1 aromatic rings. The SMILES string of the molecule is Cc1cc(SN2CCN=C(/C=C(\N)C(F)F)C2)c(C)n1C. The number of aliphatic imine (C=N–C) groups is 1.